The third kappa shape index (κ3) is 6.79. The lowest BCUT2D eigenvalue weighted by Crippen LogP contribution is -2.55. The molecule has 4 aromatic carbocycles. The Morgan fingerprint density at radius 3 is 2.34 bits per heavy atom. The number of aromatic nitrogens is 3. The number of aryl methyl sites for hydroxylation is 1. The fourth-order valence-electron chi connectivity index (χ4n) is 8.49. The Balaban J connectivity index is 0.957. The topological polar surface area (TPSA) is 127 Å². The summed E-state index contributed by atoms with van der Waals surface area (Å²) in [6.07, 6.45) is 7.70. The van der Waals surface area contributed by atoms with Crippen molar-refractivity contribution in [2.24, 2.45) is 5.92 Å². The standard InChI is InChI=1S/C44H46ClN7O4/c1-31(10-8-9-25-49-28-39(47-48-49)37(29-53)33-11-4-2-5-12-33)44(56)38-26-34(45)17-20-40(38)50(42(44)55)27-32-15-18-35(19-16-32)51-30-52(36-13-6-3-7-14-36)43(41(51)54)21-23-46-24-22-43/h2-8,10-20,26,28,31,37,46,53,56H,9,21-25,27,29-30H2,1H3/b10-8+/t31-,37?,44+/m0/s1. The SMILES string of the molecule is C[C@@H](/C=C/CCn1cc(C(CO)c2ccccc2)nn1)[C@]1(O)C(=O)N(Cc2ccc(N3CN(c4ccccc4)C4(CCNCC4)C3=O)cc2)c2ccc(Cl)cc21. The quantitative estimate of drug-likeness (QED) is 0.132. The van der Waals surface area contributed by atoms with Crippen molar-refractivity contribution < 1.29 is 19.8 Å². The van der Waals surface area contributed by atoms with Crippen molar-refractivity contribution in [3.05, 3.63) is 149 Å². The third-order valence-electron chi connectivity index (χ3n) is 11.7. The van der Waals surface area contributed by atoms with Crippen LogP contribution in [0.4, 0.5) is 17.1 Å². The predicted octanol–water partition coefficient (Wildman–Crippen LogP) is 6.01. The number of carbonyl (C=O) groups excluding carboxylic acids is 2. The fraction of sp³-hybridized carbons (Fsp3) is 0.318. The summed E-state index contributed by atoms with van der Waals surface area (Å²) in [6.45, 7) is 4.54. The van der Waals surface area contributed by atoms with E-state index in [9.17, 15) is 19.8 Å². The summed E-state index contributed by atoms with van der Waals surface area (Å²) in [4.78, 5) is 34.2. The highest BCUT2D eigenvalue weighted by Crippen LogP contribution is 2.47. The number of aliphatic hydroxyl groups is 2. The number of rotatable bonds is 12. The van der Waals surface area contributed by atoms with Crippen molar-refractivity contribution >= 4 is 40.5 Å². The molecular weight excluding hydrogens is 726 g/mol. The summed E-state index contributed by atoms with van der Waals surface area (Å²) in [5, 5.41) is 34.7. The summed E-state index contributed by atoms with van der Waals surface area (Å²) >= 11 is 6.44. The molecule has 3 aliphatic rings. The number of nitrogens with one attached hydrogen (secondary N) is 1. The first kappa shape index (κ1) is 37.6. The monoisotopic (exact) mass is 771 g/mol. The number of nitrogens with zero attached hydrogens (tertiary/aromatic N) is 6. The van der Waals surface area contributed by atoms with E-state index in [1.54, 1.807) is 27.8 Å². The second-order valence-electron chi connectivity index (χ2n) is 15.0. The van der Waals surface area contributed by atoms with Crippen LogP contribution in [0.5, 0.6) is 0 Å². The summed E-state index contributed by atoms with van der Waals surface area (Å²) in [5.74, 6) is -1.15. The number of hydrogen-bond acceptors (Lipinski definition) is 8. The van der Waals surface area contributed by atoms with Gasteiger partial charge < -0.3 is 25.3 Å². The number of aliphatic hydroxyl groups excluding tert-OH is 1. The van der Waals surface area contributed by atoms with Crippen molar-refractivity contribution in [1.82, 2.24) is 20.3 Å². The van der Waals surface area contributed by atoms with Crippen molar-refractivity contribution in [2.45, 2.75) is 56.3 Å². The summed E-state index contributed by atoms with van der Waals surface area (Å²) in [5.41, 5.74) is 3.01. The molecule has 288 valence electrons. The predicted molar refractivity (Wildman–Crippen MR) is 217 cm³/mol. The normalized spacial score (nSPS) is 20.3. The molecule has 8 rings (SSSR count). The first-order chi connectivity index (χ1) is 27.2. The maximum Gasteiger partial charge on any atom is 0.264 e. The zero-order valence-corrected chi connectivity index (χ0v) is 32.1. The first-order valence-corrected chi connectivity index (χ1v) is 19.6. The number of halogens is 1. The van der Waals surface area contributed by atoms with Crippen LogP contribution < -0.4 is 20.0 Å². The van der Waals surface area contributed by atoms with Crippen LogP contribution in [-0.4, -0.2) is 68.9 Å². The highest BCUT2D eigenvalue weighted by atomic mass is 35.5. The Hall–Kier alpha value is -5.33. The van der Waals surface area contributed by atoms with E-state index < -0.39 is 23.0 Å². The summed E-state index contributed by atoms with van der Waals surface area (Å²) < 4.78 is 1.73. The number of allylic oxidation sites excluding steroid dienone is 1. The number of hydrogen-bond donors (Lipinski definition) is 3. The molecule has 3 N–H and O–H groups in total. The molecule has 1 spiro atoms. The number of para-hydroxylation sites is 1. The van der Waals surface area contributed by atoms with Gasteiger partial charge in [0.1, 0.15) is 5.54 Å². The third-order valence-corrected chi connectivity index (χ3v) is 11.9. The number of carbonyl (C=O) groups is 2. The van der Waals surface area contributed by atoms with Gasteiger partial charge in [0, 0.05) is 40.6 Å². The zero-order chi connectivity index (χ0) is 38.9. The van der Waals surface area contributed by atoms with Crippen LogP contribution in [0.25, 0.3) is 0 Å². The highest BCUT2D eigenvalue weighted by Gasteiger charge is 2.54. The van der Waals surface area contributed by atoms with Crippen molar-refractivity contribution in [1.29, 1.82) is 0 Å². The number of fused-ring (bicyclic) bond motifs is 1. The molecule has 0 saturated carbocycles. The Bertz CT molecular complexity index is 2210. The lowest BCUT2D eigenvalue weighted by Gasteiger charge is -2.39. The maximum atomic E-state index is 14.3. The van der Waals surface area contributed by atoms with Gasteiger partial charge in [-0.1, -0.05) is 96.6 Å². The minimum absolute atomic E-state index is 0.0764. The van der Waals surface area contributed by atoms with E-state index in [2.05, 4.69) is 32.7 Å². The Kier molecular flexibility index (Phi) is 10.5. The van der Waals surface area contributed by atoms with Gasteiger partial charge in [0.05, 0.1) is 37.1 Å². The van der Waals surface area contributed by atoms with Crippen LogP contribution in [-0.2, 0) is 28.3 Å². The molecule has 4 heterocycles. The second-order valence-corrected chi connectivity index (χ2v) is 15.4. The van der Waals surface area contributed by atoms with E-state index in [1.807, 2.05) is 103 Å². The first-order valence-electron chi connectivity index (χ1n) is 19.2. The van der Waals surface area contributed by atoms with Crippen LogP contribution in [0.15, 0.2) is 121 Å². The molecule has 0 bridgehead atoms. The number of amides is 2. The molecule has 1 aromatic heterocycles. The van der Waals surface area contributed by atoms with Crippen LogP contribution in [0, 0.1) is 5.92 Å². The van der Waals surface area contributed by atoms with Gasteiger partial charge in [-0.15, -0.1) is 5.10 Å². The van der Waals surface area contributed by atoms with Crippen LogP contribution in [0.2, 0.25) is 5.02 Å². The van der Waals surface area contributed by atoms with Gasteiger partial charge in [0.2, 0.25) is 0 Å². The van der Waals surface area contributed by atoms with E-state index >= 15 is 0 Å². The van der Waals surface area contributed by atoms with Gasteiger partial charge >= 0.3 is 0 Å². The van der Waals surface area contributed by atoms with Crippen LogP contribution in [0.1, 0.15) is 54.5 Å². The molecule has 0 aliphatic carbocycles. The molecule has 56 heavy (non-hydrogen) atoms. The molecule has 1 unspecified atom stereocenters. The summed E-state index contributed by atoms with van der Waals surface area (Å²) in [7, 11) is 0. The molecule has 3 atom stereocenters. The number of anilines is 3. The highest BCUT2D eigenvalue weighted by molar-refractivity contribution is 6.31. The molecule has 5 aromatic rings. The van der Waals surface area contributed by atoms with Crippen LogP contribution in [0.3, 0.4) is 0 Å². The fourth-order valence-corrected chi connectivity index (χ4v) is 8.66. The lowest BCUT2D eigenvalue weighted by molar-refractivity contribution is -0.139. The average molecular weight is 772 g/mol. The Labute approximate surface area is 331 Å². The van der Waals surface area contributed by atoms with Gasteiger partial charge in [0.25, 0.3) is 11.8 Å². The largest absolute Gasteiger partial charge is 0.395 e. The van der Waals surface area contributed by atoms with Gasteiger partial charge in [0.15, 0.2) is 5.60 Å². The van der Waals surface area contributed by atoms with Crippen molar-refractivity contribution in [3.63, 3.8) is 0 Å². The molecule has 2 saturated heterocycles. The van der Waals surface area contributed by atoms with E-state index in [1.165, 1.54) is 0 Å². The molecule has 12 heteroatoms. The van der Waals surface area contributed by atoms with Gasteiger partial charge in [-0.25, -0.2) is 0 Å². The van der Waals surface area contributed by atoms with E-state index in [-0.39, 0.29) is 25.0 Å². The molecule has 3 aliphatic heterocycles. The van der Waals surface area contributed by atoms with Crippen molar-refractivity contribution in [3.8, 4) is 0 Å². The van der Waals surface area contributed by atoms with Crippen LogP contribution >= 0.6 is 11.6 Å². The zero-order valence-electron chi connectivity index (χ0n) is 31.3. The Morgan fingerprint density at radius 1 is 0.911 bits per heavy atom. The molecule has 11 nitrogen and oxygen atoms in total. The van der Waals surface area contributed by atoms with Gasteiger partial charge in [-0.05, 0) is 85.9 Å². The van der Waals surface area contributed by atoms with Gasteiger partial charge in [-0.2, -0.15) is 0 Å². The van der Waals surface area contributed by atoms with E-state index in [4.69, 9.17) is 11.6 Å². The Morgan fingerprint density at radius 2 is 1.62 bits per heavy atom. The smallest absolute Gasteiger partial charge is 0.264 e. The van der Waals surface area contributed by atoms with Crippen molar-refractivity contribution in [2.75, 3.05) is 41.1 Å². The molecule has 2 fully saturated rings. The molecular formula is C44H46ClN7O4. The minimum Gasteiger partial charge on any atom is -0.395 e. The number of benzene rings is 4. The number of piperidine rings is 1. The lowest BCUT2D eigenvalue weighted by atomic mass is 9.83. The second kappa shape index (κ2) is 15.7. The summed E-state index contributed by atoms with van der Waals surface area (Å²) in [6, 6.07) is 32.8. The molecule has 0 radical (unpaired) electrons. The van der Waals surface area contributed by atoms with E-state index in [0.29, 0.717) is 41.6 Å². The average Bonchev–Trinajstić information content (AvgIpc) is 3.87. The minimum atomic E-state index is -1.83. The maximum absolute atomic E-state index is 14.3. The van der Waals surface area contributed by atoms with Gasteiger partial charge in [-0.3, -0.25) is 19.2 Å². The van der Waals surface area contributed by atoms with E-state index in [0.717, 1.165) is 48.4 Å². The molecule has 2 amide bonds.